The number of likely N-dealkylation sites (tertiary alicyclic amines) is 1. The number of piperidine rings is 1. The van der Waals surface area contributed by atoms with E-state index in [4.69, 9.17) is 14.2 Å². The number of amides is 1. The molecule has 1 spiro atoms. The predicted octanol–water partition coefficient (Wildman–Crippen LogP) is 3.51. The largest absolute Gasteiger partial charge is 0.497 e. The van der Waals surface area contributed by atoms with Gasteiger partial charge in [0, 0.05) is 31.3 Å². The van der Waals surface area contributed by atoms with Crippen LogP contribution in [0.4, 0.5) is 0 Å². The average Bonchev–Trinajstić information content (AvgIpc) is 3.43. The minimum Gasteiger partial charge on any atom is -0.497 e. The third-order valence-corrected chi connectivity index (χ3v) is 7.81. The quantitative estimate of drug-likeness (QED) is 0.796. The molecule has 5 nitrogen and oxygen atoms in total. The van der Waals surface area contributed by atoms with Crippen LogP contribution in [-0.4, -0.2) is 50.0 Å². The van der Waals surface area contributed by atoms with E-state index in [-0.39, 0.29) is 5.41 Å². The normalized spacial score (nSPS) is 34.5. The molecule has 2 heterocycles. The van der Waals surface area contributed by atoms with E-state index >= 15 is 0 Å². The summed E-state index contributed by atoms with van der Waals surface area (Å²) in [4.78, 5) is 15.9. The van der Waals surface area contributed by atoms with Gasteiger partial charge in [-0.1, -0.05) is 12.1 Å². The van der Waals surface area contributed by atoms with Crippen LogP contribution in [-0.2, 0) is 19.7 Å². The highest BCUT2D eigenvalue weighted by atomic mass is 16.7. The zero-order chi connectivity index (χ0) is 19.4. The molecule has 2 atom stereocenters. The summed E-state index contributed by atoms with van der Waals surface area (Å²) in [6, 6.07) is 8.30. The average molecular weight is 386 g/mol. The van der Waals surface area contributed by atoms with E-state index in [2.05, 4.69) is 24.0 Å². The van der Waals surface area contributed by atoms with Crippen LogP contribution in [0.3, 0.4) is 0 Å². The zero-order valence-corrected chi connectivity index (χ0v) is 17.0. The van der Waals surface area contributed by atoms with Crippen molar-refractivity contribution < 1.29 is 19.0 Å². The maximum absolute atomic E-state index is 13.8. The number of hydrogen-bond acceptors (Lipinski definition) is 4. The molecule has 4 aliphatic rings. The summed E-state index contributed by atoms with van der Waals surface area (Å²) in [5.74, 6) is 1.34. The Morgan fingerprint density at radius 1 is 1.18 bits per heavy atom. The number of hydrogen-bond donors (Lipinski definition) is 0. The summed E-state index contributed by atoms with van der Waals surface area (Å²) < 4.78 is 17.8. The van der Waals surface area contributed by atoms with Gasteiger partial charge in [-0.3, -0.25) is 4.79 Å². The zero-order valence-electron chi connectivity index (χ0n) is 17.0. The highest BCUT2D eigenvalue weighted by Crippen LogP contribution is 2.61. The number of methoxy groups -OCH3 is 1. The molecule has 0 bridgehead atoms. The third kappa shape index (κ3) is 2.70. The van der Waals surface area contributed by atoms with Crippen LogP contribution in [0.5, 0.6) is 5.75 Å². The summed E-state index contributed by atoms with van der Waals surface area (Å²) in [7, 11) is 1.70. The molecule has 5 heteroatoms. The molecule has 0 radical (unpaired) electrons. The van der Waals surface area contributed by atoms with Gasteiger partial charge in [0.15, 0.2) is 5.79 Å². The first-order valence-electron chi connectivity index (χ1n) is 10.7. The minimum absolute atomic E-state index is 0.290. The smallest absolute Gasteiger partial charge is 0.229 e. The molecule has 2 aliphatic heterocycles. The molecule has 2 aliphatic carbocycles. The maximum Gasteiger partial charge on any atom is 0.229 e. The van der Waals surface area contributed by atoms with Gasteiger partial charge in [-0.15, -0.1) is 0 Å². The Kier molecular flexibility index (Phi) is 4.25. The van der Waals surface area contributed by atoms with Crippen LogP contribution >= 0.6 is 0 Å². The van der Waals surface area contributed by atoms with Gasteiger partial charge in [-0.2, -0.15) is 0 Å². The Morgan fingerprint density at radius 3 is 2.68 bits per heavy atom. The number of ether oxygens (including phenoxy) is 3. The Labute approximate surface area is 167 Å². The van der Waals surface area contributed by atoms with Crippen molar-refractivity contribution in [3.63, 3.8) is 0 Å². The van der Waals surface area contributed by atoms with Crippen molar-refractivity contribution in [3.05, 3.63) is 29.8 Å². The van der Waals surface area contributed by atoms with Crippen LogP contribution in [0.25, 0.3) is 0 Å². The van der Waals surface area contributed by atoms with Gasteiger partial charge < -0.3 is 19.1 Å². The van der Waals surface area contributed by atoms with Crippen LogP contribution in [0.1, 0.15) is 51.0 Å². The predicted molar refractivity (Wildman–Crippen MR) is 105 cm³/mol. The first-order chi connectivity index (χ1) is 13.5. The molecule has 1 aromatic carbocycles. The van der Waals surface area contributed by atoms with E-state index in [1.54, 1.807) is 7.11 Å². The number of fused-ring (bicyclic) bond motifs is 1. The number of carbonyl (C=O) groups is 1. The van der Waals surface area contributed by atoms with Crippen molar-refractivity contribution in [2.75, 3.05) is 33.4 Å². The molecule has 28 heavy (non-hydrogen) atoms. The van der Waals surface area contributed by atoms with E-state index in [1.165, 1.54) is 18.4 Å². The second kappa shape index (κ2) is 6.46. The molecular weight excluding hydrogens is 354 g/mol. The number of nitrogens with zero attached hydrogens (tertiary/aromatic N) is 1. The van der Waals surface area contributed by atoms with Crippen LogP contribution in [0.15, 0.2) is 24.3 Å². The van der Waals surface area contributed by atoms with Crippen LogP contribution in [0, 0.1) is 11.3 Å². The Balaban J connectivity index is 1.57. The molecule has 152 valence electrons. The highest BCUT2D eigenvalue weighted by Gasteiger charge is 2.64. The molecule has 0 N–H and O–H groups in total. The van der Waals surface area contributed by atoms with Gasteiger partial charge in [0.2, 0.25) is 5.91 Å². The number of carbonyl (C=O) groups excluding carboxylic acids is 1. The summed E-state index contributed by atoms with van der Waals surface area (Å²) in [6.45, 7) is 5.23. The summed E-state index contributed by atoms with van der Waals surface area (Å²) in [5.41, 5.74) is 0.459. The highest BCUT2D eigenvalue weighted by molar-refractivity contribution is 5.86. The lowest BCUT2D eigenvalue weighted by Gasteiger charge is -2.59. The van der Waals surface area contributed by atoms with E-state index in [0.29, 0.717) is 25.0 Å². The van der Waals surface area contributed by atoms with E-state index in [1.807, 2.05) is 12.1 Å². The first kappa shape index (κ1) is 18.4. The van der Waals surface area contributed by atoms with Crippen molar-refractivity contribution >= 4 is 5.91 Å². The van der Waals surface area contributed by atoms with Gasteiger partial charge in [0.05, 0.1) is 25.7 Å². The number of benzene rings is 1. The molecule has 2 saturated heterocycles. The van der Waals surface area contributed by atoms with Crippen molar-refractivity contribution in [2.45, 2.75) is 56.7 Å². The first-order valence-corrected chi connectivity index (χ1v) is 10.7. The molecule has 5 rings (SSSR count). The summed E-state index contributed by atoms with van der Waals surface area (Å²) in [6.07, 6.45) is 5.82. The van der Waals surface area contributed by atoms with Gasteiger partial charge in [-0.05, 0) is 56.2 Å². The molecular formula is C23H31NO4. The van der Waals surface area contributed by atoms with Crippen molar-refractivity contribution in [1.29, 1.82) is 0 Å². The fourth-order valence-corrected chi connectivity index (χ4v) is 5.89. The monoisotopic (exact) mass is 385 g/mol. The number of rotatable bonds is 4. The Hall–Kier alpha value is -1.59. The molecule has 1 amide bonds. The summed E-state index contributed by atoms with van der Waals surface area (Å²) >= 11 is 0. The molecule has 0 aromatic heterocycles. The topological polar surface area (TPSA) is 48.0 Å². The molecule has 2 saturated carbocycles. The van der Waals surface area contributed by atoms with E-state index in [0.717, 1.165) is 44.5 Å². The standard InChI is InChI=1S/C23H31NO4/c1-21-8-9-23(27-12-13-28-23)16-22(21,18-4-3-5-19(14-18)26-2)10-11-24(20(21)25)15-17-6-7-17/h3-5,14,17H,6-13,15-16H2,1-2H3/t21-,22-/m1/s1. The lowest BCUT2D eigenvalue weighted by atomic mass is 9.49. The van der Waals surface area contributed by atoms with Gasteiger partial charge in [0.1, 0.15) is 5.75 Å². The van der Waals surface area contributed by atoms with Gasteiger partial charge in [0.25, 0.3) is 0 Å². The lowest BCUT2D eigenvalue weighted by Crippen LogP contribution is -2.65. The third-order valence-electron chi connectivity index (χ3n) is 7.81. The van der Waals surface area contributed by atoms with Gasteiger partial charge in [-0.25, -0.2) is 0 Å². The Morgan fingerprint density at radius 2 is 1.96 bits per heavy atom. The SMILES string of the molecule is COc1cccc([C@]23CCN(CC4CC4)C(=O)[C@@]2(C)CCC2(C3)OCCO2)c1. The van der Waals surface area contributed by atoms with Crippen LogP contribution < -0.4 is 4.74 Å². The molecule has 0 unspecified atom stereocenters. The maximum atomic E-state index is 13.8. The second-order valence-corrected chi connectivity index (χ2v) is 9.38. The second-order valence-electron chi connectivity index (χ2n) is 9.38. The van der Waals surface area contributed by atoms with Gasteiger partial charge >= 0.3 is 0 Å². The molecule has 1 aromatic rings. The van der Waals surface area contributed by atoms with Crippen molar-refractivity contribution in [2.24, 2.45) is 11.3 Å². The van der Waals surface area contributed by atoms with Crippen molar-refractivity contribution in [3.8, 4) is 5.75 Å². The molecule has 4 fully saturated rings. The lowest BCUT2D eigenvalue weighted by molar-refractivity contribution is -0.222. The van der Waals surface area contributed by atoms with Crippen LogP contribution in [0.2, 0.25) is 0 Å². The van der Waals surface area contributed by atoms with E-state index in [9.17, 15) is 4.79 Å². The Bertz CT molecular complexity index is 770. The fraction of sp³-hybridized carbons (Fsp3) is 0.696. The fourth-order valence-electron chi connectivity index (χ4n) is 5.89. The van der Waals surface area contributed by atoms with Crippen molar-refractivity contribution in [1.82, 2.24) is 4.90 Å². The minimum atomic E-state index is -0.540. The summed E-state index contributed by atoms with van der Waals surface area (Å²) in [5, 5.41) is 0. The van der Waals surface area contributed by atoms with E-state index < -0.39 is 11.2 Å².